The van der Waals surface area contributed by atoms with Crippen molar-refractivity contribution in [3.8, 4) is 0 Å². The molecule has 0 fully saturated rings. The standard InChI is InChI=1S/C11H25NO/c1-9(2)6-12(5)7-11(8-13)10(3)4/h9-11,13H,6-8H2,1-5H3. The van der Waals surface area contributed by atoms with Crippen molar-refractivity contribution >= 4 is 0 Å². The van der Waals surface area contributed by atoms with Crippen LogP contribution in [0.15, 0.2) is 0 Å². The zero-order valence-corrected chi connectivity index (χ0v) is 9.75. The lowest BCUT2D eigenvalue weighted by Crippen LogP contribution is -2.32. The Kier molecular flexibility index (Phi) is 6.35. The van der Waals surface area contributed by atoms with Gasteiger partial charge in [-0.3, -0.25) is 0 Å². The molecule has 2 nitrogen and oxygen atoms in total. The van der Waals surface area contributed by atoms with Crippen LogP contribution in [0.4, 0.5) is 0 Å². The summed E-state index contributed by atoms with van der Waals surface area (Å²) in [6.45, 7) is 11.2. The lowest BCUT2D eigenvalue weighted by atomic mass is 9.96. The summed E-state index contributed by atoms with van der Waals surface area (Å²) in [6.07, 6.45) is 0. The number of hydrogen-bond donors (Lipinski definition) is 1. The third kappa shape index (κ3) is 6.05. The summed E-state index contributed by atoms with van der Waals surface area (Å²) >= 11 is 0. The van der Waals surface area contributed by atoms with E-state index in [1.165, 1.54) is 0 Å². The van der Waals surface area contributed by atoms with E-state index >= 15 is 0 Å². The van der Waals surface area contributed by atoms with Gasteiger partial charge in [0.2, 0.25) is 0 Å². The van der Waals surface area contributed by atoms with Crippen molar-refractivity contribution in [2.75, 3.05) is 26.7 Å². The molecule has 0 aliphatic carbocycles. The van der Waals surface area contributed by atoms with Gasteiger partial charge in [-0.1, -0.05) is 27.7 Å². The fourth-order valence-electron chi connectivity index (χ4n) is 1.58. The highest BCUT2D eigenvalue weighted by molar-refractivity contribution is 4.66. The fraction of sp³-hybridized carbons (Fsp3) is 1.00. The van der Waals surface area contributed by atoms with Crippen molar-refractivity contribution in [3.05, 3.63) is 0 Å². The molecular weight excluding hydrogens is 162 g/mol. The Bertz CT molecular complexity index is 123. The third-order valence-corrected chi connectivity index (χ3v) is 2.40. The van der Waals surface area contributed by atoms with Crippen LogP contribution < -0.4 is 0 Å². The zero-order chi connectivity index (χ0) is 10.4. The van der Waals surface area contributed by atoms with Crippen molar-refractivity contribution in [3.63, 3.8) is 0 Å². The smallest absolute Gasteiger partial charge is 0.0473 e. The maximum atomic E-state index is 9.15. The quantitative estimate of drug-likeness (QED) is 0.686. The maximum Gasteiger partial charge on any atom is 0.0473 e. The van der Waals surface area contributed by atoms with Crippen molar-refractivity contribution in [1.82, 2.24) is 4.90 Å². The summed E-state index contributed by atoms with van der Waals surface area (Å²) in [5.41, 5.74) is 0. The van der Waals surface area contributed by atoms with E-state index in [1.807, 2.05) is 0 Å². The summed E-state index contributed by atoms with van der Waals surface area (Å²) < 4.78 is 0. The van der Waals surface area contributed by atoms with Crippen LogP contribution in [0.25, 0.3) is 0 Å². The fourth-order valence-corrected chi connectivity index (χ4v) is 1.58. The highest BCUT2D eigenvalue weighted by atomic mass is 16.3. The molecule has 0 saturated heterocycles. The molecule has 0 radical (unpaired) electrons. The molecule has 0 aliphatic rings. The van der Waals surface area contributed by atoms with Crippen molar-refractivity contribution in [1.29, 1.82) is 0 Å². The van der Waals surface area contributed by atoms with Crippen LogP contribution in [0, 0.1) is 17.8 Å². The third-order valence-electron chi connectivity index (χ3n) is 2.40. The molecule has 0 aromatic heterocycles. The average Bonchev–Trinajstić information content (AvgIpc) is 1.98. The SMILES string of the molecule is CC(C)CN(C)CC(CO)C(C)C. The second kappa shape index (κ2) is 6.39. The minimum Gasteiger partial charge on any atom is -0.396 e. The van der Waals surface area contributed by atoms with Gasteiger partial charge in [-0.2, -0.15) is 0 Å². The topological polar surface area (TPSA) is 23.5 Å². The van der Waals surface area contributed by atoms with Crippen LogP contribution in [0.3, 0.4) is 0 Å². The molecule has 80 valence electrons. The van der Waals surface area contributed by atoms with Crippen LogP contribution in [-0.4, -0.2) is 36.8 Å². The molecule has 0 aromatic carbocycles. The molecule has 0 amide bonds. The van der Waals surface area contributed by atoms with Gasteiger partial charge in [0.05, 0.1) is 0 Å². The first-order chi connectivity index (χ1) is 5.97. The number of rotatable bonds is 6. The molecule has 0 aliphatic heterocycles. The summed E-state index contributed by atoms with van der Waals surface area (Å²) in [5, 5.41) is 9.15. The maximum absolute atomic E-state index is 9.15. The molecule has 0 spiro atoms. The molecular formula is C11H25NO. The molecule has 0 bridgehead atoms. The Morgan fingerprint density at radius 2 is 1.62 bits per heavy atom. The number of nitrogens with zero attached hydrogens (tertiary/aromatic N) is 1. The van der Waals surface area contributed by atoms with E-state index in [-0.39, 0.29) is 0 Å². The van der Waals surface area contributed by atoms with Gasteiger partial charge in [0.15, 0.2) is 0 Å². The summed E-state index contributed by atoms with van der Waals surface area (Å²) in [7, 11) is 2.13. The van der Waals surface area contributed by atoms with Gasteiger partial charge < -0.3 is 10.0 Å². The van der Waals surface area contributed by atoms with E-state index in [4.69, 9.17) is 5.11 Å². The summed E-state index contributed by atoms with van der Waals surface area (Å²) in [5.74, 6) is 1.69. The number of aliphatic hydroxyl groups excluding tert-OH is 1. The lowest BCUT2D eigenvalue weighted by molar-refractivity contribution is 0.140. The van der Waals surface area contributed by atoms with Crippen LogP contribution >= 0.6 is 0 Å². The highest BCUT2D eigenvalue weighted by Gasteiger charge is 2.14. The second-order valence-corrected chi connectivity index (χ2v) is 4.80. The Morgan fingerprint density at radius 1 is 1.08 bits per heavy atom. The molecule has 0 aromatic rings. The van der Waals surface area contributed by atoms with Crippen LogP contribution in [0.1, 0.15) is 27.7 Å². The van der Waals surface area contributed by atoms with Gasteiger partial charge in [-0.15, -0.1) is 0 Å². The van der Waals surface area contributed by atoms with Gasteiger partial charge >= 0.3 is 0 Å². The molecule has 1 atom stereocenters. The molecule has 2 heteroatoms. The number of aliphatic hydroxyl groups is 1. The van der Waals surface area contributed by atoms with Crippen molar-refractivity contribution in [2.24, 2.45) is 17.8 Å². The molecule has 13 heavy (non-hydrogen) atoms. The molecule has 0 heterocycles. The van der Waals surface area contributed by atoms with E-state index in [9.17, 15) is 0 Å². The van der Waals surface area contributed by atoms with E-state index in [0.29, 0.717) is 24.4 Å². The van der Waals surface area contributed by atoms with Crippen LogP contribution in [0.2, 0.25) is 0 Å². The molecule has 1 N–H and O–H groups in total. The normalized spacial score (nSPS) is 14.5. The summed E-state index contributed by atoms with van der Waals surface area (Å²) in [4.78, 5) is 2.31. The predicted octanol–water partition coefficient (Wildman–Crippen LogP) is 1.84. The minimum absolute atomic E-state index is 0.306. The Labute approximate surface area is 82.9 Å². The van der Waals surface area contributed by atoms with Crippen molar-refractivity contribution < 1.29 is 5.11 Å². The first-order valence-electron chi connectivity index (χ1n) is 5.26. The lowest BCUT2D eigenvalue weighted by Gasteiger charge is -2.26. The Balaban J connectivity index is 3.79. The highest BCUT2D eigenvalue weighted by Crippen LogP contribution is 2.11. The first kappa shape index (κ1) is 12.9. The van der Waals surface area contributed by atoms with E-state index in [1.54, 1.807) is 0 Å². The van der Waals surface area contributed by atoms with Gasteiger partial charge in [-0.05, 0) is 24.8 Å². The zero-order valence-electron chi connectivity index (χ0n) is 9.75. The molecule has 0 rings (SSSR count). The number of hydrogen-bond acceptors (Lipinski definition) is 2. The first-order valence-corrected chi connectivity index (χ1v) is 5.26. The van der Waals surface area contributed by atoms with Gasteiger partial charge in [0.1, 0.15) is 0 Å². The van der Waals surface area contributed by atoms with Crippen LogP contribution in [0.5, 0.6) is 0 Å². The average molecular weight is 187 g/mol. The second-order valence-electron chi connectivity index (χ2n) is 4.80. The Morgan fingerprint density at radius 3 is 1.92 bits per heavy atom. The predicted molar refractivity (Wildman–Crippen MR) is 57.7 cm³/mol. The summed E-state index contributed by atoms with van der Waals surface area (Å²) in [6, 6.07) is 0. The van der Waals surface area contributed by atoms with Gasteiger partial charge in [0, 0.05) is 19.7 Å². The monoisotopic (exact) mass is 187 g/mol. The Hall–Kier alpha value is -0.0800. The van der Waals surface area contributed by atoms with E-state index < -0.39 is 0 Å². The van der Waals surface area contributed by atoms with Crippen LogP contribution in [-0.2, 0) is 0 Å². The largest absolute Gasteiger partial charge is 0.396 e. The van der Waals surface area contributed by atoms with Gasteiger partial charge in [-0.25, -0.2) is 0 Å². The van der Waals surface area contributed by atoms with Crippen molar-refractivity contribution in [2.45, 2.75) is 27.7 Å². The molecule has 0 saturated carbocycles. The van der Waals surface area contributed by atoms with Gasteiger partial charge in [0.25, 0.3) is 0 Å². The molecule has 1 unspecified atom stereocenters. The minimum atomic E-state index is 0.306. The van der Waals surface area contributed by atoms with E-state index in [0.717, 1.165) is 13.1 Å². The van der Waals surface area contributed by atoms with E-state index in [2.05, 4.69) is 39.6 Å².